The van der Waals surface area contributed by atoms with Crippen LogP contribution in [0.15, 0.2) is 142 Å². The molecule has 0 atom stereocenters. The van der Waals surface area contributed by atoms with Crippen LogP contribution in [0.1, 0.15) is 0 Å². The Morgan fingerprint density at radius 2 is 0.854 bits per heavy atom. The van der Waals surface area contributed by atoms with Crippen LogP contribution in [0, 0.1) is 0 Å². The minimum absolute atomic E-state index is 0.559. The van der Waals surface area contributed by atoms with Crippen LogP contribution in [0.2, 0.25) is 0 Å². The van der Waals surface area contributed by atoms with E-state index < -0.39 is 0 Å². The van der Waals surface area contributed by atoms with Gasteiger partial charge >= 0.3 is 0 Å². The average molecular weight is 615 g/mol. The minimum atomic E-state index is 0.559. The van der Waals surface area contributed by atoms with E-state index in [1.807, 2.05) is 60.7 Å². The fourth-order valence-corrected chi connectivity index (χ4v) is 7.55. The summed E-state index contributed by atoms with van der Waals surface area (Å²) in [4.78, 5) is 20.2. The first-order chi connectivity index (χ1) is 23.8. The van der Waals surface area contributed by atoms with Gasteiger partial charge in [0.15, 0.2) is 17.5 Å². The van der Waals surface area contributed by atoms with Crippen LogP contribution in [0.3, 0.4) is 0 Å². The molecule has 0 saturated carbocycles. The Hall–Kier alpha value is -6.66. The predicted octanol–water partition coefficient (Wildman–Crippen LogP) is 10.9. The highest BCUT2D eigenvalue weighted by atomic mass is 16.3. The van der Waals surface area contributed by atoms with Gasteiger partial charge in [-0.3, -0.25) is 0 Å². The standard InChI is InChI=1S/C42H22N4O2/c1-2-10-24-23(9-1)25-12-5-13-26-28(21-20-27(24)36(25)26)39-44-40(30-14-6-18-34-37(30)29-11-3-4-17-33(29)47-34)46-41(45-39)31-15-7-19-35-38(31)32-16-8-22-43-42(32)48-35/h1-22H. The zero-order valence-corrected chi connectivity index (χ0v) is 25.3. The molecule has 0 amide bonds. The van der Waals surface area contributed by atoms with Gasteiger partial charge < -0.3 is 8.83 Å². The molecule has 4 heterocycles. The van der Waals surface area contributed by atoms with E-state index >= 15 is 0 Å². The number of nitrogens with zero attached hydrogens (tertiary/aromatic N) is 4. The summed E-state index contributed by atoms with van der Waals surface area (Å²) in [6.07, 6.45) is 1.74. The second kappa shape index (κ2) is 9.44. The second-order valence-electron chi connectivity index (χ2n) is 12.2. The summed E-state index contributed by atoms with van der Waals surface area (Å²) in [5.74, 6) is 1.73. The van der Waals surface area contributed by atoms with E-state index in [9.17, 15) is 0 Å². The lowest BCUT2D eigenvalue weighted by Crippen LogP contribution is -2.01. The topological polar surface area (TPSA) is 77.8 Å². The number of aromatic nitrogens is 4. The van der Waals surface area contributed by atoms with Gasteiger partial charge in [-0.15, -0.1) is 0 Å². The Morgan fingerprint density at radius 3 is 1.65 bits per heavy atom. The lowest BCUT2D eigenvalue weighted by Gasteiger charge is -2.12. The van der Waals surface area contributed by atoms with E-state index in [0.29, 0.717) is 23.2 Å². The van der Waals surface area contributed by atoms with E-state index in [1.165, 1.54) is 27.6 Å². The molecule has 222 valence electrons. The molecule has 0 unspecified atom stereocenters. The van der Waals surface area contributed by atoms with Crippen LogP contribution >= 0.6 is 0 Å². The van der Waals surface area contributed by atoms with Crippen molar-refractivity contribution in [2.75, 3.05) is 0 Å². The van der Waals surface area contributed by atoms with Crippen molar-refractivity contribution < 1.29 is 8.83 Å². The van der Waals surface area contributed by atoms with Crippen molar-refractivity contribution in [2.24, 2.45) is 0 Å². The largest absolute Gasteiger partial charge is 0.456 e. The third-order valence-electron chi connectivity index (χ3n) is 9.58. The Balaban J connectivity index is 1.24. The fraction of sp³-hybridized carbons (Fsp3) is 0. The van der Waals surface area contributed by atoms with Gasteiger partial charge in [0, 0.05) is 44.4 Å². The minimum Gasteiger partial charge on any atom is -0.456 e. The van der Waals surface area contributed by atoms with Crippen molar-refractivity contribution in [3.63, 3.8) is 0 Å². The van der Waals surface area contributed by atoms with E-state index in [0.717, 1.165) is 60.4 Å². The summed E-state index contributed by atoms with van der Waals surface area (Å²) in [6, 6.07) is 43.5. The predicted molar refractivity (Wildman–Crippen MR) is 190 cm³/mol. The van der Waals surface area contributed by atoms with E-state index in [-0.39, 0.29) is 0 Å². The van der Waals surface area contributed by atoms with Crippen molar-refractivity contribution in [2.45, 2.75) is 0 Å². The molecule has 6 nitrogen and oxygen atoms in total. The Bertz CT molecular complexity index is 2810. The first-order valence-corrected chi connectivity index (χ1v) is 15.9. The molecule has 0 spiro atoms. The number of rotatable bonds is 3. The molecule has 1 aliphatic rings. The van der Waals surface area contributed by atoms with Crippen LogP contribution in [0.4, 0.5) is 0 Å². The number of benzene rings is 6. The Labute approximate surface area is 273 Å². The molecule has 0 bridgehead atoms. The summed E-state index contributed by atoms with van der Waals surface area (Å²) in [5.41, 5.74) is 10.6. The van der Waals surface area contributed by atoms with E-state index in [4.69, 9.17) is 23.8 Å². The Kier molecular flexibility index (Phi) is 5.02. The molecule has 1 aliphatic carbocycles. The maximum Gasteiger partial charge on any atom is 0.227 e. The van der Waals surface area contributed by atoms with Crippen LogP contribution in [0.25, 0.3) is 111 Å². The molecule has 11 rings (SSSR count). The van der Waals surface area contributed by atoms with Gasteiger partial charge in [-0.2, -0.15) is 0 Å². The summed E-state index contributed by atoms with van der Waals surface area (Å²) < 4.78 is 12.4. The molecule has 6 aromatic carbocycles. The third-order valence-corrected chi connectivity index (χ3v) is 9.58. The van der Waals surface area contributed by atoms with Crippen LogP contribution in [0.5, 0.6) is 0 Å². The van der Waals surface area contributed by atoms with Crippen molar-refractivity contribution in [3.05, 3.63) is 134 Å². The number of furan rings is 2. The van der Waals surface area contributed by atoms with Gasteiger partial charge in [-0.25, -0.2) is 19.9 Å². The molecular weight excluding hydrogens is 592 g/mol. The van der Waals surface area contributed by atoms with Gasteiger partial charge in [-0.05, 0) is 69.4 Å². The monoisotopic (exact) mass is 614 g/mol. The molecule has 0 radical (unpaired) electrons. The average Bonchev–Trinajstić information content (AvgIpc) is 3.82. The van der Waals surface area contributed by atoms with Crippen molar-refractivity contribution in [1.29, 1.82) is 0 Å². The molecule has 0 saturated heterocycles. The lowest BCUT2D eigenvalue weighted by atomic mass is 9.98. The van der Waals surface area contributed by atoms with Gasteiger partial charge in [-0.1, -0.05) is 91.0 Å². The quantitative estimate of drug-likeness (QED) is 0.197. The van der Waals surface area contributed by atoms with E-state index in [1.54, 1.807) is 6.20 Å². The summed E-state index contributed by atoms with van der Waals surface area (Å²) in [6.45, 7) is 0. The summed E-state index contributed by atoms with van der Waals surface area (Å²) >= 11 is 0. The molecule has 48 heavy (non-hydrogen) atoms. The highest BCUT2D eigenvalue weighted by molar-refractivity contribution is 6.19. The first-order valence-electron chi connectivity index (χ1n) is 15.9. The van der Waals surface area contributed by atoms with Gasteiger partial charge in [0.2, 0.25) is 5.71 Å². The highest BCUT2D eigenvalue weighted by Gasteiger charge is 2.25. The van der Waals surface area contributed by atoms with Crippen LogP contribution in [-0.2, 0) is 0 Å². The second-order valence-corrected chi connectivity index (χ2v) is 12.2. The van der Waals surface area contributed by atoms with Gasteiger partial charge in [0.1, 0.15) is 16.7 Å². The molecule has 0 N–H and O–H groups in total. The molecule has 6 heteroatoms. The zero-order valence-electron chi connectivity index (χ0n) is 25.3. The van der Waals surface area contributed by atoms with Crippen LogP contribution in [-0.4, -0.2) is 19.9 Å². The number of fused-ring (bicyclic) bond motifs is 9. The molecular formula is C42H22N4O2. The van der Waals surface area contributed by atoms with Crippen molar-refractivity contribution in [1.82, 2.24) is 19.9 Å². The number of pyridine rings is 1. The highest BCUT2D eigenvalue weighted by Crippen LogP contribution is 2.49. The maximum absolute atomic E-state index is 6.27. The molecule has 0 fully saturated rings. The third kappa shape index (κ3) is 3.46. The number of hydrogen-bond donors (Lipinski definition) is 0. The normalized spacial score (nSPS) is 12.2. The molecule has 0 aliphatic heterocycles. The zero-order chi connectivity index (χ0) is 31.3. The van der Waals surface area contributed by atoms with Crippen molar-refractivity contribution >= 4 is 54.8 Å². The Morgan fingerprint density at radius 1 is 0.333 bits per heavy atom. The number of para-hydroxylation sites is 1. The van der Waals surface area contributed by atoms with Gasteiger partial charge in [0.25, 0.3) is 0 Å². The van der Waals surface area contributed by atoms with Crippen molar-refractivity contribution in [3.8, 4) is 56.4 Å². The lowest BCUT2D eigenvalue weighted by molar-refractivity contribution is 0.654. The smallest absolute Gasteiger partial charge is 0.227 e. The maximum atomic E-state index is 6.27. The summed E-state index contributed by atoms with van der Waals surface area (Å²) in [7, 11) is 0. The summed E-state index contributed by atoms with van der Waals surface area (Å²) in [5, 5.41) is 6.15. The molecule has 10 aromatic rings. The van der Waals surface area contributed by atoms with E-state index in [2.05, 4.69) is 71.7 Å². The first kappa shape index (κ1) is 25.5. The molecule has 4 aromatic heterocycles. The number of hydrogen-bond acceptors (Lipinski definition) is 6. The van der Waals surface area contributed by atoms with Crippen LogP contribution < -0.4 is 0 Å². The van der Waals surface area contributed by atoms with Gasteiger partial charge in [0.05, 0.1) is 0 Å². The fourth-order valence-electron chi connectivity index (χ4n) is 7.55. The SMILES string of the molecule is c1ccc2c(c1)-c1cccc3c(-c4nc(-c5cccc6oc7ccccc7c56)nc(-c5cccc6oc7ncccc7c56)n4)ccc-2c13.